The van der Waals surface area contributed by atoms with Gasteiger partial charge in [0.1, 0.15) is 0 Å². The van der Waals surface area contributed by atoms with Crippen molar-refractivity contribution in [2.45, 2.75) is 13.8 Å². The molecule has 0 aliphatic rings. The maximum absolute atomic E-state index is 11.0. The van der Waals surface area contributed by atoms with Crippen molar-refractivity contribution >= 4 is 23.6 Å². The third kappa shape index (κ3) is 3.68. The number of aromatic nitrogens is 3. The fourth-order valence-corrected chi connectivity index (χ4v) is 1.73. The number of rotatable bonds is 4. The highest BCUT2D eigenvalue weighted by atomic mass is 16.1. The molecule has 1 amide bonds. The highest BCUT2D eigenvalue weighted by Gasteiger charge is 2.06. The highest BCUT2D eigenvalue weighted by Crippen LogP contribution is 2.13. The Bertz CT molecular complexity index is 630. The zero-order valence-corrected chi connectivity index (χ0v) is 11.7. The van der Waals surface area contributed by atoms with Crippen LogP contribution in [0.25, 0.3) is 6.08 Å². The molecule has 1 heterocycles. The third-order valence-electron chi connectivity index (χ3n) is 2.55. The van der Waals surface area contributed by atoms with Gasteiger partial charge in [-0.15, -0.1) is 5.10 Å². The lowest BCUT2D eigenvalue weighted by molar-refractivity contribution is -0.118. The van der Waals surface area contributed by atoms with E-state index in [1.54, 1.807) is 24.7 Å². The number of aryl methyl sites for hydroxylation is 1. The number of hydrogen-bond acceptors (Lipinski definition) is 4. The van der Waals surface area contributed by atoms with Gasteiger partial charge in [-0.1, -0.05) is 18.2 Å². The average molecular weight is 271 g/mol. The van der Waals surface area contributed by atoms with Crippen LogP contribution < -0.4 is 10.6 Å². The van der Waals surface area contributed by atoms with E-state index in [4.69, 9.17) is 0 Å². The van der Waals surface area contributed by atoms with Crippen LogP contribution in [0.15, 0.2) is 36.0 Å². The van der Waals surface area contributed by atoms with Crippen LogP contribution in [0, 0.1) is 0 Å². The molecular weight excluding hydrogens is 254 g/mol. The van der Waals surface area contributed by atoms with Crippen molar-refractivity contribution in [3.8, 4) is 0 Å². The van der Waals surface area contributed by atoms with Gasteiger partial charge in [-0.2, -0.15) is 4.98 Å². The molecule has 0 aliphatic carbocycles. The Labute approximate surface area is 117 Å². The lowest BCUT2D eigenvalue weighted by atomic mass is 10.3. The molecule has 0 atom stereocenters. The van der Waals surface area contributed by atoms with Gasteiger partial charge in [0.05, 0.1) is 0 Å². The number of carbonyl (C=O) groups is 1. The van der Waals surface area contributed by atoms with Crippen molar-refractivity contribution in [3.05, 3.63) is 41.9 Å². The van der Waals surface area contributed by atoms with Crippen molar-refractivity contribution in [2.75, 3.05) is 5.32 Å². The number of nitrogens with one attached hydrogen (secondary N) is 2. The van der Waals surface area contributed by atoms with Crippen molar-refractivity contribution in [1.82, 2.24) is 20.1 Å². The van der Waals surface area contributed by atoms with Crippen LogP contribution in [0.2, 0.25) is 0 Å². The van der Waals surface area contributed by atoms with Gasteiger partial charge < -0.3 is 10.6 Å². The number of carbonyl (C=O) groups excluding carboxylic acids is 1. The molecule has 0 unspecified atom stereocenters. The van der Waals surface area contributed by atoms with E-state index in [0.29, 0.717) is 11.8 Å². The normalized spacial score (nSPS) is 11.2. The second kappa shape index (κ2) is 6.01. The zero-order chi connectivity index (χ0) is 14.5. The van der Waals surface area contributed by atoms with Crippen LogP contribution in [0.4, 0.5) is 11.6 Å². The van der Waals surface area contributed by atoms with Crippen LogP contribution in [0.3, 0.4) is 0 Å². The third-order valence-corrected chi connectivity index (χ3v) is 2.55. The molecule has 1 aromatic carbocycles. The Morgan fingerprint density at radius 1 is 1.25 bits per heavy atom. The second-order valence-electron chi connectivity index (χ2n) is 4.42. The molecule has 0 radical (unpaired) electrons. The Hall–Kier alpha value is -2.63. The number of nitrogens with zero attached hydrogens (tertiary/aromatic N) is 3. The van der Waals surface area contributed by atoms with Crippen molar-refractivity contribution < 1.29 is 4.79 Å². The number of hydrogen-bond donors (Lipinski definition) is 2. The van der Waals surface area contributed by atoms with E-state index in [-0.39, 0.29) is 5.91 Å². The van der Waals surface area contributed by atoms with Gasteiger partial charge in [-0.05, 0) is 19.1 Å². The predicted molar refractivity (Wildman–Crippen MR) is 78.2 cm³/mol. The number of benzene rings is 1. The molecule has 0 fully saturated rings. The van der Waals surface area contributed by atoms with Crippen molar-refractivity contribution in [1.29, 1.82) is 0 Å². The number of allylic oxidation sites excluding steroid dienone is 1. The first-order valence-corrected chi connectivity index (χ1v) is 6.23. The van der Waals surface area contributed by atoms with E-state index < -0.39 is 0 Å². The molecule has 2 aromatic rings. The average Bonchev–Trinajstić information content (AvgIpc) is 2.69. The van der Waals surface area contributed by atoms with Gasteiger partial charge >= 0.3 is 0 Å². The van der Waals surface area contributed by atoms with Gasteiger partial charge in [-0.3, -0.25) is 4.79 Å². The second-order valence-corrected chi connectivity index (χ2v) is 4.42. The molecule has 0 bridgehead atoms. The summed E-state index contributed by atoms with van der Waals surface area (Å²) in [7, 11) is 1.80. The smallest absolute Gasteiger partial charge is 0.247 e. The van der Waals surface area contributed by atoms with Crippen LogP contribution in [-0.2, 0) is 11.8 Å². The Morgan fingerprint density at radius 2 is 1.95 bits per heavy atom. The van der Waals surface area contributed by atoms with E-state index in [9.17, 15) is 4.79 Å². The first-order chi connectivity index (χ1) is 9.54. The standard InChI is InChI=1S/C14H17N5O/c1-10(15-11(2)20)9-13-17-14(18-19(13)3)16-12-7-5-4-6-8-12/h4-9H,1-3H3,(H,15,20)(H,16,18)/b10-9+. The Morgan fingerprint density at radius 3 is 2.60 bits per heavy atom. The monoisotopic (exact) mass is 271 g/mol. The number of anilines is 2. The van der Waals surface area contributed by atoms with Crippen molar-refractivity contribution in [2.24, 2.45) is 7.05 Å². The van der Waals surface area contributed by atoms with Crippen LogP contribution in [-0.4, -0.2) is 20.7 Å². The minimum Gasteiger partial charge on any atom is -0.330 e. The summed E-state index contributed by atoms with van der Waals surface area (Å²) in [5.74, 6) is 1.07. The molecule has 2 N–H and O–H groups in total. The van der Waals surface area contributed by atoms with Crippen molar-refractivity contribution in [3.63, 3.8) is 0 Å². The van der Waals surface area contributed by atoms with Gasteiger partial charge in [0.15, 0.2) is 5.82 Å². The van der Waals surface area contributed by atoms with Crippen LogP contribution >= 0.6 is 0 Å². The maximum atomic E-state index is 11.0. The molecule has 6 nitrogen and oxygen atoms in total. The summed E-state index contributed by atoms with van der Waals surface area (Å²) in [4.78, 5) is 15.3. The topological polar surface area (TPSA) is 71.8 Å². The van der Waals surface area contributed by atoms with Gasteiger partial charge in [0.2, 0.25) is 11.9 Å². The van der Waals surface area contributed by atoms with E-state index in [1.165, 1.54) is 6.92 Å². The van der Waals surface area contributed by atoms with Gasteiger partial charge in [-0.25, -0.2) is 4.68 Å². The van der Waals surface area contributed by atoms with Gasteiger partial charge in [0.25, 0.3) is 0 Å². The molecule has 6 heteroatoms. The van der Waals surface area contributed by atoms with E-state index in [2.05, 4.69) is 20.7 Å². The lowest BCUT2D eigenvalue weighted by Crippen LogP contribution is -2.17. The molecule has 0 saturated carbocycles. The fourth-order valence-electron chi connectivity index (χ4n) is 1.73. The van der Waals surface area contributed by atoms with E-state index in [1.807, 2.05) is 30.3 Å². The first kappa shape index (κ1) is 13.8. The summed E-state index contributed by atoms with van der Waals surface area (Å²) in [6.45, 7) is 3.27. The molecule has 0 saturated heterocycles. The highest BCUT2D eigenvalue weighted by molar-refractivity contribution is 5.76. The first-order valence-electron chi connectivity index (χ1n) is 6.23. The minimum atomic E-state index is -0.108. The van der Waals surface area contributed by atoms with Gasteiger partial charge in [0, 0.05) is 31.4 Å². The lowest BCUT2D eigenvalue weighted by Gasteiger charge is -2.00. The van der Waals surface area contributed by atoms with E-state index in [0.717, 1.165) is 11.4 Å². The minimum absolute atomic E-state index is 0.108. The molecule has 0 aliphatic heterocycles. The summed E-state index contributed by atoms with van der Waals surface area (Å²) in [5, 5.41) is 10.1. The molecule has 20 heavy (non-hydrogen) atoms. The zero-order valence-electron chi connectivity index (χ0n) is 11.7. The quantitative estimate of drug-likeness (QED) is 0.892. The number of para-hydroxylation sites is 1. The maximum Gasteiger partial charge on any atom is 0.247 e. The molecule has 2 rings (SSSR count). The molecule has 0 spiro atoms. The van der Waals surface area contributed by atoms with Crippen LogP contribution in [0.1, 0.15) is 19.7 Å². The molecular formula is C14H17N5O. The summed E-state index contributed by atoms with van der Waals surface area (Å²) in [6, 6.07) is 9.70. The molecule has 104 valence electrons. The molecule has 1 aromatic heterocycles. The summed E-state index contributed by atoms with van der Waals surface area (Å²) < 4.78 is 1.65. The Kier molecular flexibility index (Phi) is 4.14. The predicted octanol–water partition coefficient (Wildman–Crippen LogP) is 2.06. The fraction of sp³-hybridized carbons (Fsp3) is 0.214. The summed E-state index contributed by atoms with van der Waals surface area (Å²) in [5.41, 5.74) is 1.64. The Balaban J connectivity index is 2.15. The van der Waals surface area contributed by atoms with Crippen LogP contribution in [0.5, 0.6) is 0 Å². The summed E-state index contributed by atoms with van der Waals surface area (Å²) in [6.07, 6.45) is 1.77. The number of amides is 1. The SMILES string of the molecule is CC(=O)N/C(C)=C/c1nc(Nc2ccccc2)nn1C. The summed E-state index contributed by atoms with van der Waals surface area (Å²) >= 11 is 0. The largest absolute Gasteiger partial charge is 0.330 e. The van der Waals surface area contributed by atoms with E-state index >= 15 is 0 Å².